The van der Waals surface area contributed by atoms with Crippen LogP contribution in [0.4, 0.5) is 0 Å². The number of rotatable bonds is 11. The van der Waals surface area contributed by atoms with Crippen LogP contribution in [0.2, 0.25) is 0 Å². The molecule has 2 heterocycles. The number of ether oxygens (including phenoxy) is 1. The molecule has 0 aliphatic carbocycles. The highest BCUT2D eigenvalue weighted by Crippen LogP contribution is 2.29. The van der Waals surface area contributed by atoms with E-state index in [0.717, 1.165) is 53.7 Å². The van der Waals surface area contributed by atoms with Crippen LogP contribution in [0.25, 0.3) is 22.5 Å². The Morgan fingerprint density at radius 1 is 0.951 bits per heavy atom. The van der Waals surface area contributed by atoms with Gasteiger partial charge in [0, 0.05) is 18.0 Å². The van der Waals surface area contributed by atoms with Crippen molar-refractivity contribution in [2.24, 2.45) is 5.92 Å². The molecule has 0 bridgehead atoms. The minimum absolute atomic E-state index is 0.0882. The van der Waals surface area contributed by atoms with E-state index in [0.29, 0.717) is 19.0 Å². The van der Waals surface area contributed by atoms with E-state index in [1.807, 2.05) is 78.9 Å². The number of amides is 2. The van der Waals surface area contributed by atoms with Gasteiger partial charge in [-0.1, -0.05) is 78.9 Å². The maximum absolute atomic E-state index is 13.3. The summed E-state index contributed by atoms with van der Waals surface area (Å²) in [5.41, 5.74) is 4.80. The number of nitrogens with zero attached hydrogens (tertiary/aromatic N) is 4. The Labute approximate surface area is 239 Å². The minimum Gasteiger partial charge on any atom is -0.374 e. The molecular weight excluding hydrogens is 518 g/mol. The highest BCUT2D eigenvalue weighted by atomic mass is 16.5. The maximum Gasteiger partial charge on any atom is 0.245 e. The molecule has 1 aliphatic heterocycles. The Morgan fingerprint density at radius 2 is 1.66 bits per heavy atom. The molecule has 4 aromatic rings. The summed E-state index contributed by atoms with van der Waals surface area (Å²) in [7, 11) is 2.06. The molecule has 1 unspecified atom stereocenters. The third kappa shape index (κ3) is 7.62. The standard InChI is InChI=1S/C31H35N7O3/c1-38-17-15-25(16-18-38)30(39)33-28(21-41-20-23-7-3-2-4-8-23)31(40)32-19-22-11-13-24(14-12-22)26-9-5-6-10-27(26)29-34-36-37-35-29/h2-14,25,28H,15-21H2,1H3,(H,32,40)(H,33,39)(H,34,35,36,37). The summed E-state index contributed by atoms with van der Waals surface area (Å²) in [6, 6.07) is 24.8. The van der Waals surface area contributed by atoms with Crippen LogP contribution in [0.15, 0.2) is 78.9 Å². The molecule has 10 heteroatoms. The van der Waals surface area contributed by atoms with Crippen molar-refractivity contribution in [2.45, 2.75) is 32.0 Å². The van der Waals surface area contributed by atoms with Crippen molar-refractivity contribution in [3.8, 4) is 22.5 Å². The molecule has 1 atom stereocenters. The number of hydrogen-bond acceptors (Lipinski definition) is 7. The Hall–Kier alpha value is -4.41. The van der Waals surface area contributed by atoms with Crippen molar-refractivity contribution in [3.05, 3.63) is 90.0 Å². The van der Waals surface area contributed by atoms with Gasteiger partial charge in [0.1, 0.15) is 6.04 Å². The minimum atomic E-state index is -0.785. The molecule has 0 saturated carbocycles. The Balaban J connectivity index is 1.21. The van der Waals surface area contributed by atoms with Gasteiger partial charge in [0.15, 0.2) is 0 Å². The molecule has 3 N–H and O–H groups in total. The lowest BCUT2D eigenvalue weighted by Crippen LogP contribution is -2.51. The van der Waals surface area contributed by atoms with E-state index in [1.54, 1.807) is 0 Å². The van der Waals surface area contributed by atoms with E-state index in [1.165, 1.54) is 0 Å². The lowest BCUT2D eigenvalue weighted by atomic mass is 9.96. The summed E-state index contributed by atoms with van der Waals surface area (Å²) < 4.78 is 5.87. The molecule has 0 spiro atoms. The summed E-state index contributed by atoms with van der Waals surface area (Å²) in [5, 5.41) is 20.3. The van der Waals surface area contributed by atoms with E-state index in [4.69, 9.17) is 4.74 Å². The Bertz CT molecular complexity index is 1400. The van der Waals surface area contributed by atoms with Crippen LogP contribution in [-0.2, 0) is 27.5 Å². The van der Waals surface area contributed by atoms with Gasteiger partial charge in [0.25, 0.3) is 0 Å². The number of tetrazole rings is 1. The van der Waals surface area contributed by atoms with Crippen molar-refractivity contribution in [2.75, 3.05) is 26.7 Å². The lowest BCUT2D eigenvalue weighted by Gasteiger charge is -2.29. The van der Waals surface area contributed by atoms with Gasteiger partial charge < -0.3 is 20.3 Å². The molecular formula is C31H35N7O3. The van der Waals surface area contributed by atoms with Crippen LogP contribution in [0.1, 0.15) is 24.0 Å². The van der Waals surface area contributed by atoms with Gasteiger partial charge in [-0.25, -0.2) is 0 Å². The SMILES string of the molecule is CN1CCC(C(=O)NC(COCc2ccccc2)C(=O)NCc2ccc(-c3ccccc3-c3nn[nH]n3)cc2)CC1. The Morgan fingerprint density at radius 3 is 2.37 bits per heavy atom. The van der Waals surface area contributed by atoms with E-state index in [2.05, 4.69) is 43.2 Å². The van der Waals surface area contributed by atoms with Crippen molar-refractivity contribution in [1.29, 1.82) is 0 Å². The molecule has 3 aromatic carbocycles. The third-order valence-corrected chi connectivity index (χ3v) is 7.36. The smallest absolute Gasteiger partial charge is 0.245 e. The summed E-state index contributed by atoms with van der Waals surface area (Å²) >= 11 is 0. The number of aromatic amines is 1. The number of carbonyl (C=O) groups is 2. The average molecular weight is 554 g/mol. The number of H-pyrrole nitrogens is 1. The zero-order valence-corrected chi connectivity index (χ0v) is 23.1. The molecule has 41 heavy (non-hydrogen) atoms. The summed E-state index contributed by atoms with van der Waals surface area (Å²) in [6.07, 6.45) is 1.56. The predicted octanol–water partition coefficient (Wildman–Crippen LogP) is 3.19. The molecule has 2 amide bonds. The highest BCUT2D eigenvalue weighted by Gasteiger charge is 2.28. The number of carbonyl (C=O) groups excluding carboxylic acids is 2. The zero-order chi connectivity index (χ0) is 28.4. The van der Waals surface area contributed by atoms with Crippen molar-refractivity contribution in [1.82, 2.24) is 36.2 Å². The second-order valence-electron chi connectivity index (χ2n) is 10.3. The first kappa shape index (κ1) is 28.1. The molecule has 5 rings (SSSR count). The van der Waals surface area contributed by atoms with Crippen LogP contribution >= 0.6 is 0 Å². The van der Waals surface area contributed by atoms with Crippen molar-refractivity contribution < 1.29 is 14.3 Å². The van der Waals surface area contributed by atoms with Gasteiger partial charge in [-0.15, -0.1) is 10.2 Å². The largest absolute Gasteiger partial charge is 0.374 e. The van der Waals surface area contributed by atoms with E-state index in [-0.39, 0.29) is 24.3 Å². The molecule has 1 saturated heterocycles. The maximum atomic E-state index is 13.3. The van der Waals surface area contributed by atoms with Crippen LogP contribution in [0.3, 0.4) is 0 Å². The highest BCUT2D eigenvalue weighted by molar-refractivity contribution is 5.88. The van der Waals surface area contributed by atoms with Gasteiger partial charge in [-0.2, -0.15) is 5.21 Å². The van der Waals surface area contributed by atoms with Gasteiger partial charge in [-0.05, 0) is 60.4 Å². The van der Waals surface area contributed by atoms with Crippen LogP contribution in [0, 0.1) is 5.92 Å². The zero-order valence-electron chi connectivity index (χ0n) is 23.1. The van der Waals surface area contributed by atoms with Gasteiger partial charge in [0.05, 0.1) is 13.2 Å². The average Bonchev–Trinajstić information content (AvgIpc) is 3.56. The predicted molar refractivity (Wildman–Crippen MR) is 155 cm³/mol. The topological polar surface area (TPSA) is 125 Å². The van der Waals surface area contributed by atoms with Crippen LogP contribution in [0.5, 0.6) is 0 Å². The Kier molecular flexibility index (Phi) is 9.45. The third-order valence-electron chi connectivity index (χ3n) is 7.36. The van der Waals surface area contributed by atoms with Gasteiger partial charge in [0.2, 0.25) is 17.6 Å². The molecule has 10 nitrogen and oxygen atoms in total. The summed E-state index contributed by atoms with van der Waals surface area (Å²) in [5.74, 6) is 0.0651. The van der Waals surface area contributed by atoms with E-state index in [9.17, 15) is 9.59 Å². The van der Waals surface area contributed by atoms with Crippen molar-refractivity contribution >= 4 is 11.8 Å². The summed E-state index contributed by atoms with van der Waals surface area (Å²) in [6.45, 7) is 2.52. The number of piperidine rings is 1. The fraction of sp³-hybridized carbons (Fsp3) is 0.323. The number of hydrogen-bond donors (Lipinski definition) is 3. The lowest BCUT2D eigenvalue weighted by molar-refractivity contribution is -0.133. The van der Waals surface area contributed by atoms with Crippen LogP contribution < -0.4 is 10.6 Å². The molecule has 1 aliphatic rings. The molecule has 1 fully saturated rings. The molecule has 212 valence electrons. The summed E-state index contributed by atoms with van der Waals surface area (Å²) in [4.78, 5) is 28.5. The normalized spacial score (nSPS) is 14.9. The van der Waals surface area contributed by atoms with E-state index >= 15 is 0 Å². The second-order valence-corrected chi connectivity index (χ2v) is 10.3. The first-order chi connectivity index (χ1) is 20.1. The number of benzene rings is 3. The first-order valence-electron chi connectivity index (χ1n) is 13.9. The molecule has 0 radical (unpaired) electrons. The fourth-order valence-corrected chi connectivity index (χ4v) is 4.93. The van der Waals surface area contributed by atoms with Gasteiger partial charge >= 0.3 is 0 Å². The van der Waals surface area contributed by atoms with Crippen LogP contribution in [-0.4, -0.2) is 70.1 Å². The number of aromatic nitrogens is 4. The van der Waals surface area contributed by atoms with E-state index < -0.39 is 6.04 Å². The number of nitrogens with one attached hydrogen (secondary N) is 3. The first-order valence-corrected chi connectivity index (χ1v) is 13.9. The molecule has 1 aromatic heterocycles. The second kappa shape index (κ2) is 13.8. The van der Waals surface area contributed by atoms with Crippen molar-refractivity contribution in [3.63, 3.8) is 0 Å². The monoisotopic (exact) mass is 553 g/mol. The van der Waals surface area contributed by atoms with Gasteiger partial charge in [-0.3, -0.25) is 9.59 Å². The quantitative estimate of drug-likeness (QED) is 0.261. The number of likely N-dealkylation sites (tertiary alicyclic amines) is 1. The fourth-order valence-electron chi connectivity index (χ4n) is 4.93.